The van der Waals surface area contributed by atoms with Gasteiger partial charge >= 0.3 is 12.3 Å². The van der Waals surface area contributed by atoms with Crippen molar-refractivity contribution in [2.45, 2.75) is 44.1 Å². The third-order valence-electron chi connectivity index (χ3n) is 6.80. The fourth-order valence-electron chi connectivity index (χ4n) is 4.74. The first-order valence-corrected chi connectivity index (χ1v) is 13.8. The summed E-state index contributed by atoms with van der Waals surface area (Å²) < 4.78 is 81.7. The van der Waals surface area contributed by atoms with E-state index in [1.54, 1.807) is 0 Å². The van der Waals surface area contributed by atoms with Crippen molar-refractivity contribution in [2.75, 3.05) is 17.6 Å². The van der Waals surface area contributed by atoms with Gasteiger partial charge in [-0.2, -0.15) is 13.2 Å². The molecule has 0 aromatic heterocycles. The molecular weight excluding hydrogens is 576 g/mol. The number of carbonyl (C=O) groups is 4. The van der Waals surface area contributed by atoms with Crippen LogP contribution in [0.3, 0.4) is 0 Å². The molecule has 1 heterocycles. The van der Waals surface area contributed by atoms with E-state index in [1.807, 2.05) is 0 Å². The number of amides is 4. The topological polar surface area (TPSA) is 156 Å². The Morgan fingerprint density at radius 2 is 1.83 bits per heavy atom. The van der Waals surface area contributed by atoms with Gasteiger partial charge in [0.15, 0.2) is 0 Å². The van der Waals surface area contributed by atoms with E-state index in [2.05, 4.69) is 5.32 Å². The molecule has 11 nitrogen and oxygen atoms in total. The second kappa shape index (κ2) is 10.7. The first-order chi connectivity index (χ1) is 19.0. The second-order valence-corrected chi connectivity index (χ2v) is 11.3. The van der Waals surface area contributed by atoms with Crippen molar-refractivity contribution in [1.29, 1.82) is 0 Å². The number of hydrogen-bond acceptors (Lipinski definition) is 7. The maximum atomic E-state index is 13.6. The number of halogens is 4. The predicted octanol–water partition coefficient (Wildman–Crippen LogP) is 2.15. The molecule has 1 saturated heterocycles. The van der Waals surface area contributed by atoms with Crippen LogP contribution in [0.5, 0.6) is 0 Å². The fourth-order valence-corrected chi connectivity index (χ4v) is 5.18. The van der Waals surface area contributed by atoms with Gasteiger partial charge in [0.1, 0.15) is 24.2 Å². The van der Waals surface area contributed by atoms with E-state index in [0.29, 0.717) is 15.4 Å². The van der Waals surface area contributed by atoms with Crippen LogP contribution in [0.25, 0.3) is 0 Å². The molecule has 0 saturated carbocycles. The van der Waals surface area contributed by atoms with E-state index in [-0.39, 0.29) is 29.7 Å². The molecule has 0 radical (unpaired) electrons. The van der Waals surface area contributed by atoms with Crippen LogP contribution in [0.15, 0.2) is 42.5 Å². The quantitative estimate of drug-likeness (QED) is 0.440. The highest BCUT2D eigenvalue weighted by Gasteiger charge is 2.58. The zero-order valence-corrected chi connectivity index (χ0v) is 22.2. The molecule has 2 atom stereocenters. The normalized spacial score (nSPS) is 19.2. The lowest BCUT2D eigenvalue weighted by Crippen LogP contribution is -2.51. The van der Waals surface area contributed by atoms with Crippen molar-refractivity contribution in [3.63, 3.8) is 0 Å². The number of rotatable bonds is 8. The van der Waals surface area contributed by atoms with Crippen molar-refractivity contribution >= 4 is 39.5 Å². The minimum atomic E-state index is -4.84. The molecular formula is C25H24F4N4O7S. The Balaban J connectivity index is 1.54. The van der Waals surface area contributed by atoms with E-state index in [4.69, 9.17) is 9.88 Å². The number of carbonyl (C=O) groups excluding carboxylic acids is 4. The Labute approximate surface area is 231 Å². The number of fused-ring (bicyclic) bond motifs is 2. The van der Waals surface area contributed by atoms with Gasteiger partial charge in [0.2, 0.25) is 27.4 Å². The molecule has 1 unspecified atom stereocenters. The molecule has 2 aromatic carbocycles. The van der Waals surface area contributed by atoms with Crippen LogP contribution in [0, 0.1) is 5.82 Å². The SMILES string of the molecule is CC(N(Cc1ccc(F)cc1)C(=O)CN1C(=O)O[C@@]2(CCc3cc(NC(=O)CS(N)(=O)=O)ccc32)C1=O)C(F)(F)F. The number of nitrogens with one attached hydrogen (secondary N) is 1. The second-order valence-electron chi connectivity index (χ2n) is 9.68. The molecule has 41 heavy (non-hydrogen) atoms. The van der Waals surface area contributed by atoms with Crippen molar-refractivity contribution in [3.05, 3.63) is 65.0 Å². The van der Waals surface area contributed by atoms with Crippen molar-refractivity contribution in [2.24, 2.45) is 5.14 Å². The number of nitrogens with two attached hydrogens (primary N) is 1. The number of aryl methyl sites for hydroxylation is 1. The summed E-state index contributed by atoms with van der Waals surface area (Å²) in [4.78, 5) is 52.1. The molecule has 2 aromatic rings. The van der Waals surface area contributed by atoms with Crippen LogP contribution < -0.4 is 10.5 Å². The highest BCUT2D eigenvalue weighted by molar-refractivity contribution is 7.89. The average Bonchev–Trinajstić information content (AvgIpc) is 3.33. The first-order valence-electron chi connectivity index (χ1n) is 12.1. The van der Waals surface area contributed by atoms with Crippen LogP contribution in [0.4, 0.5) is 28.0 Å². The lowest BCUT2D eigenvalue weighted by molar-refractivity contribution is -0.187. The number of primary sulfonamides is 1. The molecule has 220 valence electrons. The highest BCUT2D eigenvalue weighted by Crippen LogP contribution is 2.46. The van der Waals surface area contributed by atoms with Gasteiger partial charge in [-0.3, -0.25) is 14.4 Å². The maximum absolute atomic E-state index is 13.6. The van der Waals surface area contributed by atoms with E-state index < -0.39 is 76.3 Å². The standard InChI is InChI=1S/C25H24F4N4O7S/c1-14(25(27,28)29)32(11-15-2-4-17(26)5-3-15)21(35)12-33-22(36)24(40-23(33)37)9-8-16-10-18(6-7-19(16)24)31-20(34)13-41(30,38)39/h2-7,10,14H,8-9,11-13H2,1H3,(H,31,34)(H2,30,38,39)/t14?,24-/m1/s1. The van der Waals surface area contributed by atoms with Crippen LogP contribution >= 0.6 is 0 Å². The molecule has 4 rings (SSSR count). The van der Waals surface area contributed by atoms with Gasteiger partial charge in [-0.1, -0.05) is 18.2 Å². The molecule has 3 N–H and O–H groups in total. The number of hydrogen-bond donors (Lipinski definition) is 2. The zero-order valence-electron chi connectivity index (χ0n) is 21.4. The monoisotopic (exact) mass is 600 g/mol. The van der Waals surface area contributed by atoms with Gasteiger partial charge in [0.25, 0.3) is 5.91 Å². The molecule has 1 aliphatic heterocycles. The van der Waals surface area contributed by atoms with Crippen molar-refractivity contribution in [1.82, 2.24) is 9.80 Å². The Bertz CT molecular complexity index is 1510. The van der Waals surface area contributed by atoms with E-state index in [0.717, 1.165) is 19.1 Å². The number of anilines is 1. The summed E-state index contributed by atoms with van der Waals surface area (Å²) >= 11 is 0. The van der Waals surface area contributed by atoms with E-state index in [1.165, 1.54) is 30.3 Å². The number of nitrogens with zero attached hydrogens (tertiary/aromatic N) is 2. The Hall–Kier alpha value is -4.05. The largest absolute Gasteiger partial charge is 0.427 e. The highest BCUT2D eigenvalue weighted by atomic mass is 32.2. The molecule has 4 amide bonds. The lowest BCUT2D eigenvalue weighted by atomic mass is 9.94. The molecule has 2 aliphatic rings. The molecule has 1 aliphatic carbocycles. The first kappa shape index (κ1) is 29.9. The molecule has 1 spiro atoms. The Morgan fingerprint density at radius 1 is 1.17 bits per heavy atom. The van der Waals surface area contributed by atoms with Crippen molar-refractivity contribution in [3.8, 4) is 0 Å². The molecule has 0 bridgehead atoms. The van der Waals surface area contributed by atoms with Gasteiger partial charge in [-0.05, 0) is 48.7 Å². The van der Waals surface area contributed by atoms with Crippen LogP contribution in [0.1, 0.15) is 30.0 Å². The third kappa shape index (κ3) is 6.32. The fraction of sp³-hybridized carbons (Fsp3) is 0.360. The maximum Gasteiger partial charge on any atom is 0.418 e. The van der Waals surface area contributed by atoms with Gasteiger partial charge < -0.3 is 15.0 Å². The van der Waals surface area contributed by atoms with Crippen LogP contribution in [0.2, 0.25) is 0 Å². The Morgan fingerprint density at radius 3 is 2.44 bits per heavy atom. The minimum Gasteiger partial charge on any atom is -0.427 e. The Kier molecular flexibility index (Phi) is 7.84. The third-order valence-corrected chi connectivity index (χ3v) is 7.46. The predicted molar refractivity (Wildman–Crippen MR) is 134 cm³/mol. The summed E-state index contributed by atoms with van der Waals surface area (Å²) in [6.07, 6.45) is -5.90. The zero-order chi connectivity index (χ0) is 30.3. The van der Waals surface area contributed by atoms with Gasteiger partial charge in [-0.25, -0.2) is 27.6 Å². The van der Waals surface area contributed by atoms with Crippen LogP contribution in [-0.4, -0.2) is 66.5 Å². The number of ether oxygens (including phenoxy) is 1. The summed E-state index contributed by atoms with van der Waals surface area (Å²) in [7, 11) is -4.07. The smallest absolute Gasteiger partial charge is 0.418 e. The molecule has 1 fully saturated rings. The average molecular weight is 601 g/mol. The molecule has 16 heteroatoms. The van der Waals surface area contributed by atoms with Gasteiger partial charge in [0, 0.05) is 24.2 Å². The lowest BCUT2D eigenvalue weighted by Gasteiger charge is -2.31. The van der Waals surface area contributed by atoms with E-state index in [9.17, 15) is 45.2 Å². The van der Waals surface area contributed by atoms with Gasteiger partial charge in [0.05, 0.1) is 0 Å². The summed E-state index contributed by atoms with van der Waals surface area (Å²) in [6.45, 7) is -0.845. The number of sulfonamides is 1. The number of alkyl halides is 3. The summed E-state index contributed by atoms with van der Waals surface area (Å²) in [5.41, 5.74) is -0.707. The summed E-state index contributed by atoms with van der Waals surface area (Å²) in [6, 6.07) is 6.36. The van der Waals surface area contributed by atoms with E-state index >= 15 is 0 Å². The number of imide groups is 1. The summed E-state index contributed by atoms with van der Waals surface area (Å²) in [5.74, 6) is -4.61. The van der Waals surface area contributed by atoms with Gasteiger partial charge in [-0.15, -0.1) is 0 Å². The van der Waals surface area contributed by atoms with Crippen molar-refractivity contribution < 1.29 is 49.9 Å². The van der Waals surface area contributed by atoms with Crippen LogP contribution in [-0.2, 0) is 47.7 Å². The minimum absolute atomic E-state index is 0.0373. The summed E-state index contributed by atoms with van der Waals surface area (Å²) in [5, 5.41) is 7.22. The number of benzene rings is 2.